The summed E-state index contributed by atoms with van der Waals surface area (Å²) >= 11 is 11.8. The summed E-state index contributed by atoms with van der Waals surface area (Å²) in [4.78, 5) is 34.9. The quantitative estimate of drug-likeness (QED) is 0.331. The Kier molecular flexibility index (Phi) is 8.60. The normalized spacial score (nSPS) is 20.0. The summed E-state index contributed by atoms with van der Waals surface area (Å²) in [5.74, 6) is -0.253. The molecule has 3 atom stereocenters. The third kappa shape index (κ3) is 6.87. The van der Waals surface area contributed by atoms with Gasteiger partial charge in [-0.2, -0.15) is 0 Å². The van der Waals surface area contributed by atoms with Gasteiger partial charge in [-0.05, 0) is 63.0 Å². The van der Waals surface area contributed by atoms with Crippen LogP contribution in [-0.2, 0) is 22.5 Å². The number of aromatic nitrogens is 1. The molecule has 0 bridgehead atoms. The molecule has 3 heterocycles. The molecule has 2 aliphatic heterocycles. The molecular weight excluding hydrogens is 555 g/mol. The highest BCUT2D eigenvalue weighted by atomic mass is 32.1. The van der Waals surface area contributed by atoms with Crippen molar-refractivity contribution in [1.29, 1.82) is 0 Å². The van der Waals surface area contributed by atoms with E-state index in [1.807, 2.05) is 53.6 Å². The van der Waals surface area contributed by atoms with Crippen molar-refractivity contribution in [2.45, 2.75) is 76.7 Å². The average Bonchev–Trinajstić information content (AvgIpc) is 3.33. The molecule has 0 unspecified atom stereocenters. The number of thiocarbonyl (C=S) groups is 2. The number of H-pyrrole nitrogens is 1. The zero-order valence-corrected chi connectivity index (χ0v) is 25.3. The number of para-hydroxylation sites is 1. The van der Waals surface area contributed by atoms with Crippen molar-refractivity contribution >= 4 is 57.4 Å². The van der Waals surface area contributed by atoms with Gasteiger partial charge in [0.1, 0.15) is 11.6 Å². The van der Waals surface area contributed by atoms with Crippen molar-refractivity contribution in [3.05, 3.63) is 71.9 Å². The second-order valence-corrected chi connectivity index (χ2v) is 12.6. The van der Waals surface area contributed by atoms with Crippen LogP contribution in [0.1, 0.15) is 51.2 Å². The SMILES string of the molecule is CC(C)(C)OC(=O)N[C@@H](Cc1c[nH]c2ccccc12)C(=O)N[C@@H]1CCCN2C(=S)N(Cc3ccccc3)C(=S)C[C@@H]12. The number of fused-ring (bicyclic) bond motifs is 2. The smallest absolute Gasteiger partial charge is 0.408 e. The average molecular weight is 592 g/mol. The molecule has 2 fully saturated rings. The molecule has 10 heteroatoms. The first-order valence-electron chi connectivity index (χ1n) is 14.1. The van der Waals surface area contributed by atoms with Gasteiger partial charge in [-0.25, -0.2) is 4.79 Å². The predicted octanol–water partition coefficient (Wildman–Crippen LogP) is 5.07. The van der Waals surface area contributed by atoms with Crippen molar-refractivity contribution in [2.75, 3.05) is 6.54 Å². The van der Waals surface area contributed by atoms with Crippen LogP contribution in [0.3, 0.4) is 0 Å². The van der Waals surface area contributed by atoms with Crippen molar-refractivity contribution in [2.24, 2.45) is 0 Å². The highest BCUT2D eigenvalue weighted by Crippen LogP contribution is 2.29. The van der Waals surface area contributed by atoms with E-state index in [0.29, 0.717) is 24.5 Å². The first kappa shape index (κ1) is 29.0. The van der Waals surface area contributed by atoms with Gasteiger partial charge in [0.2, 0.25) is 5.91 Å². The largest absolute Gasteiger partial charge is 0.444 e. The molecule has 8 nitrogen and oxygen atoms in total. The zero-order chi connectivity index (χ0) is 29.1. The lowest BCUT2D eigenvalue weighted by Gasteiger charge is -2.50. The number of benzene rings is 2. The van der Waals surface area contributed by atoms with E-state index in [1.54, 1.807) is 20.8 Å². The summed E-state index contributed by atoms with van der Waals surface area (Å²) in [5.41, 5.74) is 2.38. The van der Waals surface area contributed by atoms with Crippen molar-refractivity contribution in [3.63, 3.8) is 0 Å². The Labute approximate surface area is 251 Å². The number of carbonyl (C=O) groups is 2. The minimum atomic E-state index is -0.823. The first-order chi connectivity index (χ1) is 19.6. The van der Waals surface area contributed by atoms with Gasteiger partial charge in [-0.15, -0.1) is 0 Å². The van der Waals surface area contributed by atoms with Gasteiger partial charge < -0.3 is 30.2 Å². The van der Waals surface area contributed by atoms with E-state index in [2.05, 4.69) is 32.7 Å². The van der Waals surface area contributed by atoms with E-state index >= 15 is 0 Å². The topological polar surface area (TPSA) is 89.7 Å². The van der Waals surface area contributed by atoms with Crippen LogP contribution in [0, 0.1) is 0 Å². The van der Waals surface area contributed by atoms with Crippen LogP contribution in [-0.4, -0.2) is 67.2 Å². The van der Waals surface area contributed by atoms with Gasteiger partial charge in [0, 0.05) is 42.5 Å². The Balaban J connectivity index is 1.32. The molecule has 0 aliphatic carbocycles. The van der Waals surface area contributed by atoms with Gasteiger partial charge in [-0.3, -0.25) is 4.79 Å². The van der Waals surface area contributed by atoms with E-state index in [9.17, 15) is 9.59 Å². The third-order valence-corrected chi connectivity index (χ3v) is 8.40. The zero-order valence-electron chi connectivity index (χ0n) is 23.7. The first-order valence-corrected chi connectivity index (χ1v) is 14.9. The van der Waals surface area contributed by atoms with Crippen LogP contribution < -0.4 is 10.6 Å². The summed E-state index contributed by atoms with van der Waals surface area (Å²) in [6, 6.07) is 17.1. The number of ether oxygens (including phenoxy) is 1. The number of hydrogen-bond donors (Lipinski definition) is 3. The highest BCUT2D eigenvalue weighted by molar-refractivity contribution is 7.81. The summed E-state index contributed by atoms with van der Waals surface area (Å²) in [7, 11) is 0. The maximum absolute atomic E-state index is 13.8. The number of rotatable bonds is 7. The van der Waals surface area contributed by atoms with Crippen LogP contribution >= 0.6 is 24.4 Å². The monoisotopic (exact) mass is 591 g/mol. The molecule has 2 amide bonds. The lowest BCUT2D eigenvalue weighted by Crippen LogP contribution is -2.65. The second-order valence-electron chi connectivity index (χ2n) is 11.7. The molecule has 41 heavy (non-hydrogen) atoms. The summed E-state index contributed by atoms with van der Waals surface area (Å²) in [6.07, 6.45) is 3.91. The van der Waals surface area contributed by atoms with Crippen LogP contribution in [0.2, 0.25) is 0 Å². The predicted molar refractivity (Wildman–Crippen MR) is 169 cm³/mol. The Bertz CT molecular complexity index is 1430. The van der Waals surface area contributed by atoms with E-state index in [4.69, 9.17) is 29.2 Å². The molecule has 1 aromatic heterocycles. The highest BCUT2D eigenvalue weighted by Gasteiger charge is 2.41. The number of amides is 2. The molecule has 2 aliphatic rings. The number of nitrogens with zero attached hydrogens (tertiary/aromatic N) is 2. The Morgan fingerprint density at radius 3 is 2.59 bits per heavy atom. The maximum atomic E-state index is 13.8. The van der Waals surface area contributed by atoms with E-state index in [-0.39, 0.29) is 18.0 Å². The van der Waals surface area contributed by atoms with E-state index in [0.717, 1.165) is 46.4 Å². The molecule has 3 N–H and O–H groups in total. The third-order valence-electron chi connectivity index (χ3n) is 7.56. The van der Waals surface area contributed by atoms with Gasteiger partial charge in [-0.1, -0.05) is 60.7 Å². The number of carbonyl (C=O) groups excluding carboxylic acids is 2. The van der Waals surface area contributed by atoms with E-state index in [1.165, 1.54) is 0 Å². The fourth-order valence-electron chi connectivity index (χ4n) is 5.65. The summed E-state index contributed by atoms with van der Waals surface area (Å²) in [6.45, 7) is 6.85. The van der Waals surface area contributed by atoms with Gasteiger partial charge in [0.05, 0.1) is 17.6 Å². The van der Waals surface area contributed by atoms with Crippen LogP contribution in [0.5, 0.6) is 0 Å². The summed E-state index contributed by atoms with van der Waals surface area (Å²) in [5, 5.41) is 7.80. The van der Waals surface area contributed by atoms with E-state index < -0.39 is 17.7 Å². The Morgan fingerprint density at radius 2 is 1.83 bits per heavy atom. The number of nitrogens with one attached hydrogen (secondary N) is 3. The van der Waals surface area contributed by atoms with Crippen LogP contribution in [0.4, 0.5) is 4.79 Å². The summed E-state index contributed by atoms with van der Waals surface area (Å²) < 4.78 is 5.50. The number of hydrogen-bond acceptors (Lipinski definition) is 5. The van der Waals surface area contributed by atoms with Crippen molar-refractivity contribution in [3.8, 4) is 0 Å². The van der Waals surface area contributed by atoms with Crippen molar-refractivity contribution in [1.82, 2.24) is 25.4 Å². The van der Waals surface area contributed by atoms with Gasteiger partial charge in [0.25, 0.3) is 0 Å². The molecule has 5 rings (SSSR count). The maximum Gasteiger partial charge on any atom is 0.408 e. The van der Waals surface area contributed by atoms with Crippen LogP contribution in [0.15, 0.2) is 60.8 Å². The number of aromatic amines is 1. The van der Waals surface area contributed by atoms with Crippen molar-refractivity contribution < 1.29 is 14.3 Å². The molecule has 3 aromatic rings. The lowest BCUT2D eigenvalue weighted by atomic mass is 9.91. The fourth-order valence-corrected chi connectivity index (χ4v) is 6.43. The molecule has 0 spiro atoms. The molecule has 2 saturated heterocycles. The molecule has 2 aromatic carbocycles. The van der Waals surface area contributed by atoms with Gasteiger partial charge in [0.15, 0.2) is 5.11 Å². The second kappa shape index (κ2) is 12.2. The molecule has 216 valence electrons. The van der Waals surface area contributed by atoms with Crippen LogP contribution in [0.25, 0.3) is 10.9 Å². The minimum Gasteiger partial charge on any atom is -0.444 e. The number of piperidine rings is 1. The molecule has 0 radical (unpaired) electrons. The van der Waals surface area contributed by atoms with Gasteiger partial charge >= 0.3 is 6.09 Å². The fraction of sp³-hybridized carbons (Fsp3) is 0.419. The Hall–Kier alpha value is -3.50. The molecular formula is C31H37N5O3S2. The number of alkyl carbamates (subject to hydrolysis) is 1. The lowest BCUT2D eigenvalue weighted by molar-refractivity contribution is -0.124. The molecule has 0 saturated carbocycles. The minimum absolute atomic E-state index is 0.0324. The standard InChI is InChI=1S/C31H37N5O3S2/c1-31(2,3)39-29(38)34-25(16-21-18-32-23-13-8-7-12-22(21)23)28(37)33-24-14-9-15-35-26(24)17-27(40)36(30(35)41)19-20-10-5-4-6-11-20/h4-8,10-13,18,24-26,32H,9,14-17,19H2,1-3H3,(H,33,37)(H,34,38)/t24-,25+,26+/m1/s1. The Morgan fingerprint density at radius 1 is 1.10 bits per heavy atom.